The van der Waals surface area contributed by atoms with Gasteiger partial charge in [0.15, 0.2) is 0 Å². The molecule has 1 N–H and O–H groups in total. The highest BCUT2D eigenvalue weighted by Crippen LogP contribution is 2.33. The van der Waals surface area contributed by atoms with Gasteiger partial charge in [-0.1, -0.05) is 42.0 Å². The van der Waals surface area contributed by atoms with E-state index < -0.39 is 5.60 Å². The summed E-state index contributed by atoms with van der Waals surface area (Å²) in [6.45, 7) is 10.1. The van der Waals surface area contributed by atoms with Gasteiger partial charge in [0.2, 0.25) is 0 Å². The summed E-state index contributed by atoms with van der Waals surface area (Å²) >= 11 is 0. The van der Waals surface area contributed by atoms with Crippen LogP contribution in [0.25, 0.3) is 0 Å². The third kappa shape index (κ3) is 5.61. The van der Waals surface area contributed by atoms with Crippen molar-refractivity contribution >= 4 is 0 Å². The third-order valence-electron chi connectivity index (χ3n) is 6.38. The van der Waals surface area contributed by atoms with E-state index in [1.165, 1.54) is 11.1 Å². The lowest BCUT2D eigenvalue weighted by Crippen LogP contribution is -2.42. The second kappa shape index (κ2) is 9.92. The molecule has 5 heteroatoms. The summed E-state index contributed by atoms with van der Waals surface area (Å²) in [5.74, 6) is 0.930. The Bertz CT molecular complexity index is 777. The molecule has 2 aromatic rings. The van der Waals surface area contributed by atoms with Crippen LogP contribution in [0.2, 0.25) is 0 Å². The largest absolute Gasteiger partial charge is 0.492 e. The number of likely N-dealkylation sites (tertiary alicyclic amines) is 1. The van der Waals surface area contributed by atoms with Crippen LogP contribution in [-0.4, -0.2) is 67.5 Å². The Kier molecular flexibility index (Phi) is 7.05. The van der Waals surface area contributed by atoms with Crippen LogP contribution in [0.3, 0.4) is 0 Å². The Hall–Kier alpha value is -1.92. The minimum atomic E-state index is -0.692. The van der Waals surface area contributed by atoms with Crippen LogP contribution in [0.4, 0.5) is 0 Å². The highest BCUT2D eigenvalue weighted by Gasteiger charge is 2.33. The molecule has 2 saturated heterocycles. The first-order chi connectivity index (χ1) is 14.6. The van der Waals surface area contributed by atoms with E-state index in [4.69, 9.17) is 9.47 Å². The van der Waals surface area contributed by atoms with Crippen LogP contribution >= 0.6 is 0 Å². The maximum atomic E-state index is 11.1. The summed E-state index contributed by atoms with van der Waals surface area (Å²) < 4.78 is 11.3. The molecule has 0 saturated carbocycles. The lowest BCUT2D eigenvalue weighted by Gasteiger charge is -2.38. The Morgan fingerprint density at radius 3 is 2.23 bits per heavy atom. The maximum absolute atomic E-state index is 11.1. The smallest absolute Gasteiger partial charge is 0.119 e. The van der Waals surface area contributed by atoms with Gasteiger partial charge in [0.1, 0.15) is 12.4 Å². The fourth-order valence-electron chi connectivity index (χ4n) is 4.30. The van der Waals surface area contributed by atoms with Gasteiger partial charge in [-0.2, -0.15) is 0 Å². The van der Waals surface area contributed by atoms with Crippen molar-refractivity contribution in [2.45, 2.75) is 31.9 Å². The second-order valence-corrected chi connectivity index (χ2v) is 8.62. The van der Waals surface area contributed by atoms with E-state index in [1.54, 1.807) is 0 Å². The molecule has 0 radical (unpaired) electrons. The van der Waals surface area contributed by atoms with E-state index in [0.717, 1.165) is 76.6 Å². The molecule has 0 unspecified atom stereocenters. The summed E-state index contributed by atoms with van der Waals surface area (Å²) in [5, 5.41) is 11.1. The summed E-state index contributed by atoms with van der Waals surface area (Å²) in [7, 11) is 0. The predicted octanol–water partition coefficient (Wildman–Crippen LogP) is 3.19. The van der Waals surface area contributed by atoms with Crippen LogP contribution in [0.1, 0.15) is 29.5 Å². The minimum absolute atomic E-state index is 0.692. The van der Waals surface area contributed by atoms with Crippen molar-refractivity contribution in [3.8, 4) is 5.75 Å². The number of rotatable bonds is 7. The lowest BCUT2D eigenvalue weighted by atomic mass is 9.84. The van der Waals surface area contributed by atoms with Crippen LogP contribution in [0, 0.1) is 6.92 Å². The van der Waals surface area contributed by atoms with Gasteiger partial charge in [0.05, 0.1) is 18.8 Å². The molecule has 0 aromatic heterocycles. The molecule has 0 bridgehead atoms. The summed E-state index contributed by atoms with van der Waals surface area (Å²) in [6, 6.07) is 16.8. The SMILES string of the molecule is Cc1ccc(C2(O)CCN(Cc3ccc(OCCN4CCOCC4)cc3)CC2)cc1. The quantitative estimate of drug-likeness (QED) is 0.760. The molecule has 0 aliphatic carbocycles. The van der Waals surface area contributed by atoms with Crippen molar-refractivity contribution in [3.63, 3.8) is 0 Å². The van der Waals surface area contributed by atoms with Crippen molar-refractivity contribution < 1.29 is 14.6 Å². The van der Waals surface area contributed by atoms with Crippen LogP contribution < -0.4 is 4.74 Å². The molecule has 4 rings (SSSR count). The van der Waals surface area contributed by atoms with E-state index in [-0.39, 0.29) is 0 Å². The summed E-state index contributed by atoms with van der Waals surface area (Å²) in [6.07, 6.45) is 1.55. The second-order valence-electron chi connectivity index (χ2n) is 8.62. The number of benzene rings is 2. The topological polar surface area (TPSA) is 45.2 Å². The number of aryl methyl sites for hydroxylation is 1. The van der Waals surface area contributed by atoms with Crippen LogP contribution in [0.5, 0.6) is 5.75 Å². The highest BCUT2D eigenvalue weighted by atomic mass is 16.5. The first kappa shape index (κ1) is 21.3. The highest BCUT2D eigenvalue weighted by molar-refractivity contribution is 5.28. The van der Waals surface area contributed by atoms with E-state index in [0.29, 0.717) is 6.61 Å². The molecule has 0 atom stereocenters. The van der Waals surface area contributed by atoms with Gasteiger partial charge in [-0.15, -0.1) is 0 Å². The molecule has 0 amide bonds. The molecule has 5 nitrogen and oxygen atoms in total. The van der Waals surface area contributed by atoms with Gasteiger partial charge in [-0.25, -0.2) is 0 Å². The van der Waals surface area contributed by atoms with Crippen molar-refractivity contribution in [2.24, 2.45) is 0 Å². The van der Waals surface area contributed by atoms with Gasteiger partial charge in [0.25, 0.3) is 0 Å². The van der Waals surface area contributed by atoms with Crippen molar-refractivity contribution in [1.82, 2.24) is 9.80 Å². The fourth-order valence-corrected chi connectivity index (χ4v) is 4.30. The molecule has 162 valence electrons. The predicted molar refractivity (Wildman–Crippen MR) is 119 cm³/mol. The molecule has 30 heavy (non-hydrogen) atoms. The molecular weight excluding hydrogens is 376 g/mol. The van der Waals surface area contributed by atoms with E-state index in [9.17, 15) is 5.11 Å². The van der Waals surface area contributed by atoms with Crippen molar-refractivity contribution in [2.75, 3.05) is 52.5 Å². The summed E-state index contributed by atoms with van der Waals surface area (Å²) in [4.78, 5) is 4.81. The van der Waals surface area contributed by atoms with E-state index in [1.807, 2.05) is 0 Å². The number of nitrogens with zero attached hydrogens (tertiary/aromatic N) is 2. The average Bonchev–Trinajstić information content (AvgIpc) is 2.78. The average molecular weight is 411 g/mol. The molecule has 0 spiro atoms. The Labute approximate surface area is 180 Å². The number of ether oxygens (including phenoxy) is 2. The molecular formula is C25H34N2O3. The van der Waals surface area contributed by atoms with E-state index in [2.05, 4.69) is 65.3 Å². The van der Waals surface area contributed by atoms with Gasteiger partial charge in [-0.3, -0.25) is 9.80 Å². The monoisotopic (exact) mass is 410 g/mol. The van der Waals surface area contributed by atoms with Crippen LogP contribution in [-0.2, 0) is 16.9 Å². The molecule has 2 fully saturated rings. The molecule has 2 aliphatic rings. The van der Waals surface area contributed by atoms with Crippen molar-refractivity contribution in [1.29, 1.82) is 0 Å². The van der Waals surface area contributed by atoms with Gasteiger partial charge >= 0.3 is 0 Å². The zero-order chi connectivity index (χ0) is 20.8. The first-order valence-electron chi connectivity index (χ1n) is 11.1. The molecule has 2 aromatic carbocycles. The number of hydrogen-bond acceptors (Lipinski definition) is 5. The number of aliphatic hydroxyl groups is 1. The summed E-state index contributed by atoms with van der Waals surface area (Å²) in [5.41, 5.74) is 2.87. The third-order valence-corrected chi connectivity index (χ3v) is 6.38. The molecule has 2 heterocycles. The Morgan fingerprint density at radius 1 is 0.900 bits per heavy atom. The van der Waals surface area contributed by atoms with E-state index >= 15 is 0 Å². The van der Waals surface area contributed by atoms with Gasteiger partial charge in [0, 0.05) is 39.3 Å². The first-order valence-corrected chi connectivity index (χ1v) is 11.1. The normalized spacial score (nSPS) is 20.2. The number of hydrogen-bond donors (Lipinski definition) is 1. The fraction of sp³-hybridized carbons (Fsp3) is 0.520. The standard InChI is InChI=1S/C25H34N2O3/c1-21-2-6-23(7-3-21)25(28)10-12-27(13-11-25)20-22-4-8-24(9-5-22)30-19-16-26-14-17-29-18-15-26/h2-9,28H,10-20H2,1H3. The minimum Gasteiger partial charge on any atom is -0.492 e. The maximum Gasteiger partial charge on any atom is 0.119 e. The number of piperidine rings is 1. The van der Waals surface area contributed by atoms with Gasteiger partial charge < -0.3 is 14.6 Å². The zero-order valence-electron chi connectivity index (χ0n) is 18.1. The Balaban J connectivity index is 1.22. The van der Waals surface area contributed by atoms with Crippen LogP contribution in [0.15, 0.2) is 48.5 Å². The van der Waals surface area contributed by atoms with Gasteiger partial charge in [-0.05, 0) is 43.0 Å². The van der Waals surface area contributed by atoms with Crippen molar-refractivity contribution in [3.05, 3.63) is 65.2 Å². The molecule has 2 aliphatic heterocycles. The Morgan fingerprint density at radius 2 is 1.57 bits per heavy atom. The zero-order valence-corrected chi connectivity index (χ0v) is 18.1. The number of morpholine rings is 1. The lowest BCUT2D eigenvalue weighted by molar-refractivity contribution is -0.0277.